The molecule has 1 aliphatic rings. The van der Waals surface area contributed by atoms with Crippen molar-refractivity contribution in [3.05, 3.63) is 107 Å². The van der Waals surface area contributed by atoms with Crippen molar-refractivity contribution in [2.24, 2.45) is 11.8 Å². The number of carbonyl (C=O) groups excluding carboxylic acids is 1. The Kier molecular flexibility index (Phi) is 21.8. The third kappa shape index (κ3) is 15.6. The van der Waals surface area contributed by atoms with Gasteiger partial charge in [-0.1, -0.05) is 179 Å². The van der Waals surface area contributed by atoms with Gasteiger partial charge in [0.25, 0.3) is 0 Å². The number of fused-ring (bicyclic) bond motifs is 6. The first kappa shape index (κ1) is 55.0. The summed E-state index contributed by atoms with van der Waals surface area (Å²) in [6, 6.07) is 28.3. The van der Waals surface area contributed by atoms with E-state index in [9.17, 15) is 9.59 Å². The van der Waals surface area contributed by atoms with Crippen molar-refractivity contribution >= 4 is 55.6 Å². The molecule has 3 heterocycles. The molecule has 9 nitrogen and oxygen atoms in total. The minimum absolute atomic E-state index is 0.0874. The van der Waals surface area contributed by atoms with Crippen LogP contribution in [0.5, 0.6) is 0 Å². The minimum Gasteiger partial charge on any atom is -0.481 e. The van der Waals surface area contributed by atoms with Gasteiger partial charge in [0.15, 0.2) is 0 Å². The van der Waals surface area contributed by atoms with Gasteiger partial charge in [0, 0.05) is 68.9 Å². The van der Waals surface area contributed by atoms with Crippen LogP contribution in [-0.2, 0) is 20.9 Å². The van der Waals surface area contributed by atoms with Crippen LogP contribution in [-0.4, -0.2) is 44.3 Å². The summed E-state index contributed by atoms with van der Waals surface area (Å²) in [7, 11) is 0. The number of aryl methyl sites for hydroxylation is 5. The Hall–Kier alpha value is -5.28. The second-order valence-electron chi connectivity index (χ2n) is 21.1. The average molecular weight is 968 g/mol. The van der Waals surface area contributed by atoms with Crippen LogP contribution >= 0.6 is 0 Å². The molecular formula is C62H89N5O4. The van der Waals surface area contributed by atoms with Gasteiger partial charge in [0.05, 0.1) is 17.5 Å². The number of hydrogen-bond acceptors (Lipinski definition) is 6. The molecule has 0 saturated heterocycles. The number of hydrazine groups is 2. The molecule has 2 atom stereocenters. The SMILES string of the molecule is CCCCCCCCC(CCCCCCCC)n1c2cc(C)ccc2c2ccc(C)cc21.Cc1ccc2c3ccc(C)cc3n(CCCCCCCCN3C=C(COC(=O)C(C)C(C)C(=O)O)NN3)c2c1. The minimum atomic E-state index is -1.00. The fraction of sp³-hybridized carbons (Fsp3) is 0.548. The maximum Gasteiger partial charge on any atom is 0.309 e. The number of carboxylic acid groups (broad SMARTS) is 1. The lowest BCUT2D eigenvalue weighted by Crippen LogP contribution is -2.37. The van der Waals surface area contributed by atoms with E-state index >= 15 is 0 Å². The zero-order valence-corrected chi connectivity index (χ0v) is 45.0. The summed E-state index contributed by atoms with van der Waals surface area (Å²) < 4.78 is 10.5. The molecule has 0 amide bonds. The number of unbranched alkanes of at least 4 members (excludes halogenated alkanes) is 15. The third-order valence-electron chi connectivity index (χ3n) is 15.0. The van der Waals surface area contributed by atoms with Gasteiger partial charge in [-0.3, -0.25) is 14.6 Å². The molecule has 2 aromatic heterocycles. The number of rotatable bonds is 29. The van der Waals surface area contributed by atoms with Crippen molar-refractivity contribution in [1.82, 2.24) is 25.1 Å². The summed E-state index contributed by atoms with van der Waals surface area (Å²) in [5, 5.41) is 16.6. The zero-order valence-electron chi connectivity index (χ0n) is 45.0. The largest absolute Gasteiger partial charge is 0.481 e. The molecule has 0 bridgehead atoms. The number of carbonyl (C=O) groups is 2. The van der Waals surface area contributed by atoms with Crippen LogP contribution in [0.15, 0.2) is 84.7 Å². The molecule has 2 unspecified atom stereocenters. The molecular weight excluding hydrogens is 879 g/mol. The van der Waals surface area contributed by atoms with Crippen molar-refractivity contribution in [2.75, 3.05) is 13.2 Å². The number of hydrogen-bond donors (Lipinski definition) is 3. The topological polar surface area (TPSA) is 101 Å². The van der Waals surface area contributed by atoms with E-state index in [0.29, 0.717) is 6.04 Å². The van der Waals surface area contributed by atoms with E-state index in [0.717, 1.165) is 31.6 Å². The van der Waals surface area contributed by atoms with Gasteiger partial charge in [-0.15, -0.1) is 5.53 Å². The van der Waals surface area contributed by atoms with Crippen LogP contribution in [0.25, 0.3) is 43.6 Å². The molecule has 0 saturated carbocycles. The molecule has 386 valence electrons. The highest BCUT2D eigenvalue weighted by molar-refractivity contribution is 6.09. The summed E-state index contributed by atoms with van der Waals surface area (Å²) in [4.78, 5) is 23.1. The van der Waals surface area contributed by atoms with Crippen LogP contribution in [0.1, 0.15) is 184 Å². The normalized spacial score (nSPS) is 13.5. The van der Waals surface area contributed by atoms with Gasteiger partial charge in [0.2, 0.25) is 0 Å². The Morgan fingerprint density at radius 3 is 1.41 bits per heavy atom. The van der Waals surface area contributed by atoms with E-state index in [4.69, 9.17) is 9.84 Å². The quantitative estimate of drug-likeness (QED) is 0.0318. The number of esters is 1. The highest BCUT2D eigenvalue weighted by Crippen LogP contribution is 2.37. The fourth-order valence-electron chi connectivity index (χ4n) is 10.5. The van der Waals surface area contributed by atoms with Crippen LogP contribution in [0.3, 0.4) is 0 Å². The molecule has 1 aliphatic heterocycles. The molecule has 4 aromatic carbocycles. The molecule has 0 spiro atoms. The Labute approximate surface area is 426 Å². The molecule has 71 heavy (non-hydrogen) atoms. The Morgan fingerprint density at radius 1 is 0.535 bits per heavy atom. The molecule has 6 aromatic rings. The monoisotopic (exact) mass is 968 g/mol. The van der Waals surface area contributed by atoms with Crippen LogP contribution in [0, 0.1) is 39.5 Å². The first-order chi connectivity index (χ1) is 34.4. The number of nitrogens with zero attached hydrogens (tertiary/aromatic N) is 3. The van der Waals surface area contributed by atoms with E-state index in [1.165, 1.54) is 188 Å². The van der Waals surface area contributed by atoms with Gasteiger partial charge in [-0.05, 0) is 99.9 Å². The number of ether oxygens (including phenoxy) is 1. The summed E-state index contributed by atoms with van der Waals surface area (Å²) >= 11 is 0. The zero-order chi connectivity index (χ0) is 50.7. The van der Waals surface area contributed by atoms with Crippen molar-refractivity contribution < 1.29 is 19.4 Å². The molecule has 0 radical (unpaired) electrons. The lowest BCUT2D eigenvalue weighted by atomic mass is 9.96. The summed E-state index contributed by atoms with van der Waals surface area (Å²) in [6.45, 7) is 18.5. The Morgan fingerprint density at radius 2 is 0.944 bits per heavy atom. The van der Waals surface area contributed by atoms with Crippen LogP contribution in [0.2, 0.25) is 0 Å². The second kappa shape index (κ2) is 28.1. The number of aliphatic carboxylic acids is 1. The lowest BCUT2D eigenvalue weighted by Gasteiger charge is -2.22. The van der Waals surface area contributed by atoms with Crippen LogP contribution < -0.4 is 11.0 Å². The maximum absolute atomic E-state index is 12.1. The highest BCUT2D eigenvalue weighted by atomic mass is 16.5. The van der Waals surface area contributed by atoms with Crippen molar-refractivity contribution in [2.45, 2.75) is 196 Å². The Balaban J connectivity index is 0.000000237. The van der Waals surface area contributed by atoms with E-state index in [1.54, 1.807) is 6.92 Å². The molecule has 3 N–H and O–H groups in total. The summed E-state index contributed by atoms with van der Waals surface area (Å²) in [6.07, 6.45) is 28.2. The number of aromatic nitrogens is 2. The molecule has 9 heteroatoms. The highest BCUT2D eigenvalue weighted by Gasteiger charge is 2.27. The van der Waals surface area contributed by atoms with Crippen LogP contribution in [0.4, 0.5) is 0 Å². The third-order valence-corrected chi connectivity index (χ3v) is 15.0. The predicted molar refractivity (Wildman–Crippen MR) is 299 cm³/mol. The maximum atomic E-state index is 12.1. The number of nitrogens with one attached hydrogen (secondary N) is 2. The first-order valence-corrected chi connectivity index (χ1v) is 27.8. The summed E-state index contributed by atoms with van der Waals surface area (Å²) in [5.41, 5.74) is 17.7. The summed E-state index contributed by atoms with van der Waals surface area (Å²) in [5.74, 6) is -2.98. The van der Waals surface area contributed by atoms with Gasteiger partial charge in [0.1, 0.15) is 6.61 Å². The number of carboxylic acids is 1. The van der Waals surface area contributed by atoms with E-state index in [2.05, 4.69) is 134 Å². The fourth-order valence-corrected chi connectivity index (χ4v) is 10.5. The average Bonchev–Trinajstić information content (AvgIpc) is 4.03. The standard InChI is InChI=1S/C31H42N4O4.C31H47N/c1-21-11-13-26-27-14-12-22(2)18-29(27)35(28(26)17-21)16-10-8-6-5-7-9-15-34-19-25(32-33-34)20-39-31(38)24(4)23(3)30(36)37;1-5-7-9-11-13-15-17-27(18-16-14-12-10-8-6-2)32-30-23-25(3)19-21-28(30)29-22-20-26(4)24-31(29)32/h11-14,17-19,23-24,32-33H,5-10,15-16,20H2,1-4H3,(H,36,37);19-24,27H,5-18H2,1-4H3. The van der Waals surface area contributed by atoms with E-state index in [1.807, 2.05) is 11.2 Å². The predicted octanol–water partition coefficient (Wildman–Crippen LogP) is 16.3. The van der Waals surface area contributed by atoms with E-state index < -0.39 is 23.8 Å². The Bertz CT molecular complexity index is 2520. The van der Waals surface area contributed by atoms with Gasteiger partial charge in [-0.2, -0.15) is 0 Å². The first-order valence-electron chi connectivity index (χ1n) is 27.8. The van der Waals surface area contributed by atoms with Crippen molar-refractivity contribution in [1.29, 1.82) is 0 Å². The smallest absolute Gasteiger partial charge is 0.309 e. The number of benzene rings is 4. The second-order valence-corrected chi connectivity index (χ2v) is 21.1. The van der Waals surface area contributed by atoms with E-state index in [-0.39, 0.29) is 6.61 Å². The van der Waals surface area contributed by atoms with Crippen molar-refractivity contribution in [3.8, 4) is 0 Å². The van der Waals surface area contributed by atoms with Gasteiger partial charge < -0.3 is 24.4 Å². The molecule has 0 aliphatic carbocycles. The van der Waals surface area contributed by atoms with Crippen molar-refractivity contribution in [3.63, 3.8) is 0 Å². The van der Waals surface area contributed by atoms with Gasteiger partial charge in [-0.25, -0.2) is 0 Å². The molecule has 0 fully saturated rings. The lowest BCUT2D eigenvalue weighted by molar-refractivity contribution is -0.155. The molecule has 7 rings (SSSR count). The van der Waals surface area contributed by atoms with Gasteiger partial charge >= 0.3 is 11.9 Å².